The molecule has 0 aliphatic carbocycles. The van der Waals surface area contributed by atoms with Gasteiger partial charge in [-0.1, -0.05) is 22.0 Å². The van der Waals surface area contributed by atoms with Crippen molar-refractivity contribution in [2.24, 2.45) is 5.92 Å². The van der Waals surface area contributed by atoms with Crippen molar-refractivity contribution in [1.29, 1.82) is 0 Å². The number of rotatable bonds is 3. The topological polar surface area (TPSA) is 74.8 Å². The van der Waals surface area contributed by atoms with Crippen molar-refractivity contribution in [3.05, 3.63) is 28.7 Å². The number of nitrogens with zero attached hydrogens (tertiary/aromatic N) is 2. The smallest absolute Gasteiger partial charge is 0.228 e. The molecule has 2 saturated heterocycles. The van der Waals surface area contributed by atoms with Gasteiger partial charge in [0.2, 0.25) is 11.8 Å². The number of halogens is 1. The minimum atomic E-state index is -3.04. The second kappa shape index (κ2) is 6.48. The van der Waals surface area contributed by atoms with Gasteiger partial charge in [0.1, 0.15) is 0 Å². The number of hydrogen-bond donors (Lipinski definition) is 0. The number of benzene rings is 1. The summed E-state index contributed by atoms with van der Waals surface area (Å²) in [6.07, 6.45) is 0.635. The molecule has 0 spiro atoms. The molecule has 0 bridgehead atoms. The number of anilines is 1. The molecule has 2 aliphatic heterocycles. The number of carbonyl (C=O) groups excluding carboxylic acids is 2. The quantitative estimate of drug-likeness (QED) is 0.749. The van der Waals surface area contributed by atoms with E-state index in [2.05, 4.69) is 15.9 Å². The first-order valence-electron chi connectivity index (χ1n) is 7.80. The van der Waals surface area contributed by atoms with Gasteiger partial charge in [-0.15, -0.1) is 0 Å². The van der Waals surface area contributed by atoms with E-state index in [-0.39, 0.29) is 35.8 Å². The Kier molecular flexibility index (Phi) is 4.70. The highest BCUT2D eigenvalue weighted by Crippen LogP contribution is 2.29. The largest absolute Gasteiger partial charge is 0.341 e. The fraction of sp³-hybridized carbons (Fsp3) is 0.500. The third kappa shape index (κ3) is 3.49. The van der Waals surface area contributed by atoms with Crippen LogP contribution in [0.4, 0.5) is 5.69 Å². The van der Waals surface area contributed by atoms with Gasteiger partial charge in [0, 0.05) is 36.2 Å². The highest BCUT2D eigenvalue weighted by atomic mass is 79.9. The van der Waals surface area contributed by atoms with Crippen LogP contribution >= 0.6 is 15.9 Å². The lowest BCUT2D eigenvalue weighted by Crippen LogP contribution is -2.42. The molecular weight excluding hydrogens is 396 g/mol. The molecule has 2 amide bonds. The molecule has 0 N–H and O–H groups in total. The Hall–Kier alpha value is -1.41. The molecule has 0 aromatic heterocycles. The summed E-state index contributed by atoms with van der Waals surface area (Å²) in [6, 6.07) is 7.12. The Bertz CT molecular complexity index is 780. The van der Waals surface area contributed by atoms with Crippen LogP contribution in [0.25, 0.3) is 0 Å². The van der Waals surface area contributed by atoms with Gasteiger partial charge >= 0.3 is 0 Å². The first-order chi connectivity index (χ1) is 11.3. The van der Waals surface area contributed by atoms with Gasteiger partial charge in [0.15, 0.2) is 9.84 Å². The standard InChI is InChI=1S/C16H19BrN2O4S/c1-18(14-5-6-24(22,23)10-14)16(21)11-7-15(20)19(9-11)13-4-2-3-12(17)8-13/h2-4,8,11,14H,5-7,9-10H2,1H3. The van der Waals surface area contributed by atoms with E-state index in [9.17, 15) is 18.0 Å². The fourth-order valence-corrected chi connectivity index (χ4v) is 5.48. The molecular formula is C16H19BrN2O4S. The number of hydrogen-bond acceptors (Lipinski definition) is 4. The molecule has 2 heterocycles. The highest BCUT2D eigenvalue weighted by molar-refractivity contribution is 9.10. The van der Waals surface area contributed by atoms with Crippen LogP contribution in [-0.4, -0.2) is 56.3 Å². The van der Waals surface area contributed by atoms with Gasteiger partial charge in [0.05, 0.1) is 17.4 Å². The Labute approximate surface area is 149 Å². The Balaban J connectivity index is 1.70. The van der Waals surface area contributed by atoms with Gasteiger partial charge in [-0.25, -0.2) is 8.42 Å². The Morgan fingerprint density at radius 3 is 2.75 bits per heavy atom. The zero-order valence-electron chi connectivity index (χ0n) is 13.3. The first kappa shape index (κ1) is 17.4. The van der Waals surface area contributed by atoms with E-state index in [1.165, 1.54) is 4.90 Å². The summed E-state index contributed by atoms with van der Waals surface area (Å²) in [5.41, 5.74) is 0.760. The van der Waals surface area contributed by atoms with Crippen LogP contribution in [0.3, 0.4) is 0 Å². The van der Waals surface area contributed by atoms with Crippen LogP contribution in [-0.2, 0) is 19.4 Å². The minimum absolute atomic E-state index is 0.0191. The van der Waals surface area contributed by atoms with Crippen LogP contribution in [0.1, 0.15) is 12.8 Å². The van der Waals surface area contributed by atoms with Gasteiger partial charge in [-0.3, -0.25) is 9.59 Å². The van der Waals surface area contributed by atoms with Crippen molar-refractivity contribution in [3.8, 4) is 0 Å². The van der Waals surface area contributed by atoms with Crippen molar-refractivity contribution < 1.29 is 18.0 Å². The molecule has 24 heavy (non-hydrogen) atoms. The summed E-state index contributed by atoms with van der Waals surface area (Å²) in [7, 11) is -1.40. The summed E-state index contributed by atoms with van der Waals surface area (Å²) in [4.78, 5) is 28.1. The maximum atomic E-state index is 12.7. The van der Waals surface area contributed by atoms with Crippen LogP contribution in [0.5, 0.6) is 0 Å². The van der Waals surface area contributed by atoms with E-state index in [1.807, 2.05) is 24.3 Å². The maximum Gasteiger partial charge on any atom is 0.228 e. The van der Waals surface area contributed by atoms with Gasteiger partial charge in [-0.05, 0) is 24.6 Å². The zero-order chi connectivity index (χ0) is 17.5. The van der Waals surface area contributed by atoms with Crippen LogP contribution in [0.2, 0.25) is 0 Å². The number of carbonyl (C=O) groups is 2. The van der Waals surface area contributed by atoms with Crippen molar-refractivity contribution in [3.63, 3.8) is 0 Å². The van der Waals surface area contributed by atoms with E-state index >= 15 is 0 Å². The zero-order valence-corrected chi connectivity index (χ0v) is 15.7. The van der Waals surface area contributed by atoms with Crippen molar-refractivity contribution in [2.45, 2.75) is 18.9 Å². The summed E-state index contributed by atoms with van der Waals surface area (Å²) >= 11 is 3.38. The molecule has 3 rings (SSSR count). The Morgan fingerprint density at radius 1 is 1.38 bits per heavy atom. The number of sulfone groups is 1. The average Bonchev–Trinajstić information content (AvgIpc) is 3.08. The molecule has 8 heteroatoms. The molecule has 0 radical (unpaired) electrons. The Morgan fingerprint density at radius 2 is 2.12 bits per heavy atom. The molecule has 2 aliphatic rings. The molecule has 2 unspecified atom stereocenters. The lowest BCUT2D eigenvalue weighted by Gasteiger charge is -2.26. The average molecular weight is 415 g/mol. The van der Waals surface area contributed by atoms with Crippen molar-refractivity contribution in [1.82, 2.24) is 4.90 Å². The fourth-order valence-electron chi connectivity index (χ4n) is 3.32. The van der Waals surface area contributed by atoms with E-state index in [0.29, 0.717) is 13.0 Å². The summed E-state index contributed by atoms with van der Waals surface area (Å²) in [5.74, 6) is -0.513. The van der Waals surface area contributed by atoms with E-state index in [0.717, 1.165) is 10.2 Å². The molecule has 2 fully saturated rings. The second-order valence-corrected chi connectivity index (χ2v) is 9.54. The molecule has 1 aromatic carbocycles. The first-order valence-corrected chi connectivity index (χ1v) is 10.4. The second-order valence-electron chi connectivity index (χ2n) is 6.39. The van der Waals surface area contributed by atoms with Gasteiger partial charge in [-0.2, -0.15) is 0 Å². The van der Waals surface area contributed by atoms with E-state index < -0.39 is 15.8 Å². The van der Waals surface area contributed by atoms with Crippen molar-refractivity contribution >= 4 is 43.3 Å². The molecule has 130 valence electrons. The molecule has 0 saturated carbocycles. The predicted octanol–water partition coefficient (Wildman–Crippen LogP) is 1.45. The third-order valence-corrected chi connectivity index (χ3v) is 6.94. The maximum absolute atomic E-state index is 12.7. The van der Waals surface area contributed by atoms with E-state index in [4.69, 9.17) is 0 Å². The lowest BCUT2D eigenvalue weighted by atomic mass is 10.1. The van der Waals surface area contributed by atoms with Crippen LogP contribution in [0, 0.1) is 5.92 Å². The highest BCUT2D eigenvalue weighted by Gasteiger charge is 2.40. The summed E-state index contributed by atoms with van der Waals surface area (Å²) in [5, 5.41) is 0. The third-order valence-electron chi connectivity index (χ3n) is 4.70. The van der Waals surface area contributed by atoms with Gasteiger partial charge < -0.3 is 9.80 Å². The minimum Gasteiger partial charge on any atom is -0.341 e. The number of amides is 2. The lowest BCUT2D eigenvalue weighted by molar-refractivity contribution is -0.136. The molecule has 2 atom stereocenters. The summed E-state index contributed by atoms with van der Waals surface area (Å²) < 4.78 is 24.1. The normalized spacial score (nSPS) is 25.9. The SMILES string of the molecule is CN(C(=O)C1CC(=O)N(c2cccc(Br)c2)C1)C1CCS(=O)(=O)C1. The van der Waals surface area contributed by atoms with Gasteiger partial charge in [0.25, 0.3) is 0 Å². The summed E-state index contributed by atoms with van der Waals surface area (Å²) in [6.45, 7) is 0.331. The van der Waals surface area contributed by atoms with Crippen molar-refractivity contribution in [2.75, 3.05) is 30.0 Å². The predicted molar refractivity (Wildman–Crippen MR) is 94.4 cm³/mol. The van der Waals surface area contributed by atoms with E-state index in [1.54, 1.807) is 11.9 Å². The molecule has 6 nitrogen and oxygen atoms in total. The van der Waals surface area contributed by atoms with Crippen LogP contribution < -0.4 is 4.90 Å². The monoisotopic (exact) mass is 414 g/mol. The molecule has 1 aromatic rings. The van der Waals surface area contributed by atoms with Crippen LogP contribution in [0.15, 0.2) is 28.7 Å².